The van der Waals surface area contributed by atoms with Crippen LogP contribution in [0.1, 0.15) is 6.42 Å². The summed E-state index contributed by atoms with van der Waals surface area (Å²) in [5.41, 5.74) is 2.65. The third-order valence-electron chi connectivity index (χ3n) is 2.72. The average Bonchev–Trinajstić information content (AvgIpc) is 2.29. The number of hydrogen-bond donors (Lipinski definition) is 1. The summed E-state index contributed by atoms with van der Waals surface area (Å²) in [7, 11) is 0. The predicted molar refractivity (Wildman–Crippen MR) is 58.5 cm³/mol. The molecule has 0 atom stereocenters. The molecule has 2 aliphatic rings. The summed E-state index contributed by atoms with van der Waals surface area (Å²) >= 11 is 0. The highest BCUT2D eigenvalue weighted by Crippen LogP contribution is 2.17. The first kappa shape index (κ1) is 7.63. The summed E-state index contributed by atoms with van der Waals surface area (Å²) in [5.74, 6) is 0. The Balaban J connectivity index is 2.41. The van der Waals surface area contributed by atoms with E-state index in [1.807, 2.05) is 0 Å². The van der Waals surface area contributed by atoms with E-state index in [0.717, 1.165) is 6.42 Å². The number of benzene rings is 1. The van der Waals surface area contributed by atoms with Crippen molar-refractivity contribution in [2.45, 2.75) is 6.42 Å². The van der Waals surface area contributed by atoms with Gasteiger partial charge in [0.1, 0.15) is 0 Å². The number of nitrogens with one attached hydrogen (secondary N) is 1. The van der Waals surface area contributed by atoms with Crippen LogP contribution in [0.15, 0.2) is 48.2 Å². The number of fused-ring (bicyclic) bond motifs is 2. The molecule has 0 saturated heterocycles. The number of hydrogen-bond acceptors (Lipinski definition) is 1. The minimum absolute atomic E-state index is 1.03. The molecule has 0 amide bonds. The maximum atomic E-state index is 3.33. The second-order valence-electron chi connectivity index (χ2n) is 3.57. The van der Waals surface area contributed by atoms with Crippen molar-refractivity contribution in [1.82, 2.24) is 5.32 Å². The fourth-order valence-corrected chi connectivity index (χ4v) is 2.00. The molecule has 0 unspecified atom stereocenters. The van der Waals surface area contributed by atoms with Gasteiger partial charge in [0.25, 0.3) is 0 Å². The van der Waals surface area contributed by atoms with Crippen molar-refractivity contribution >= 4 is 11.8 Å². The van der Waals surface area contributed by atoms with Crippen LogP contribution in [0.4, 0.5) is 0 Å². The fraction of sp³-hybridized carbons (Fsp3) is 0.0769. The molecule has 1 aliphatic heterocycles. The molecule has 1 aliphatic carbocycles. The van der Waals surface area contributed by atoms with Gasteiger partial charge in [0, 0.05) is 11.9 Å². The van der Waals surface area contributed by atoms with Crippen molar-refractivity contribution in [2.24, 2.45) is 0 Å². The molecule has 1 aromatic carbocycles. The predicted octanol–water partition coefficient (Wildman–Crippen LogP) is 1.02. The molecule has 1 heterocycles. The Morgan fingerprint density at radius 3 is 3.07 bits per heavy atom. The third-order valence-corrected chi connectivity index (χ3v) is 2.72. The Hall–Kier alpha value is -1.76. The summed E-state index contributed by atoms with van der Waals surface area (Å²) in [6.45, 7) is 0. The zero-order valence-corrected chi connectivity index (χ0v) is 7.83. The first-order valence-corrected chi connectivity index (χ1v) is 4.87. The minimum Gasteiger partial charge on any atom is -0.361 e. The molecule has 0 bridgehead atoms. The highest BCUT2D eigenvalue weighted by Gasteiger charge is 2.09. The molecule has 1 N–H and O–H groups in total. The molecule has 68 valence electrons. The van der Waals surface area contributed by atoms with Crippen LogP contribution in [-0.4, -0.2) is 0 Å². The summed E-state index contributed by atoms with van der Waals surface area (Å²) in [6, 6.07) is 8.51. The van der Waals surface area contributed by atoms with E-state index in [9.17, 15) is 0 Å². The van der Waals surface area contributed by atoms with E-state index in [4.69, 9.17) is 0 Å². The van der Waals surface area contributed by atoms with Crippen molar-refractivity contribution < 1.29 is 0 Å². The summed E-state index contributed by atoms with van der Waals surface area (Å²) in [6.07, 6.45) is 9.54. The summed E-state index contributed by atoms with van der Waals surface area (Å²) < 4.78 is 0. The Bertz CT molecular complexity index is 547. The van der Waals surface area contributed by atoms with Gasteiger partial charge in [0.2, 0.25) is 0 Å². The average molecular weight is 181 g/mol. The van der Waals surface area contributed by atoms with Crippen LogP contribution >= 0.6 is 0 Å². The van der Waals surface area contributed by atoms with E-state index in [1.165, 1.54) is 21.7 Å². The van der Waals surface area contributed by atoms with Crippen molar-refractivity contribution in [1.29, 1.82) is 0 Å². The van der Waals surface area contributed by atoms with Crippen LogP contribution in [0.2, 0.25) is 0 Å². The molecule has 3 rings (SSSR count). The molecule has 0 saturated carbocycles. The van der Waals surface area contributed by atoms with Crippen LogP contribution in [0.25, 0.3) is 11.8 Å². The molecule has 0 fully saturated rings. The minimum atomic E-state index is 1.03. The van der Waals surface area contributed by atoms with Gasteiger partial charge in [-0.05, 0) is 28.5 Å². The third kappa shape index (κ3) is 1.02. The van der Waals surface area contributed by atoms with Crippen molar-refractivity contribution in [2.75, 3.05) is 0 Å². The molecule has 0 spiro atoms. The zero-order chi connectivity index (χ0) is 9.38. The molecule has 1 heteroatoms. The second kappa shape index (κ2) is 2.88. The Morgan fingerprint density at radius 1 is 1.14 bits per heavy atom. The van der Waals surface area contributed by atoms with Gasteiger partial charge >= 0.3 is 0 Å². The zero-order valence-electron chi connectivity index (χ0n) is 7.83. The van der Waals surface area contributed by atoms with E-state index in [1.54, 1.807) is 0 Å². The van der Waals surface area contributed by atoms with Crippen molar-refractivity contribution in [3.05, 3.63) is 58.6 Å². The number of rotatable bonds is 0. The topological polar surface area (TPSA) is 12.0 Å². The van der Waals surface area contributed by atoms with Gasteiger partial charge in [-0.2, -0.15) is 0 Å². The molecular formula is C13H11N. The van der Waals surface area contributed by atoms with Crippen molar-refractivity contribution in [3.63, 3.8) is 0 Å². The van der Waals surface area contributed by atoms with Crippen molar-refractivity contribution in [3.8, 4) is 0 Å². The molecule has 14 heavy (non-hydrogen) atoms. The van der Waals surface area contributed by atoms with Gasteiger partial charge in [0.05, 0.1) is 0 Å². The first-order chi connectivity index (χ1) is 6.95. The van der Waals surface area contributed by atoms with Gasteiger partial charge in [-0.25, -0.2) is 0 Å². The maximum absolute atomic E-state index is 3.33. The van der Waals surface area contributed by atoms with Crippen LogP contribution < -0.4 is 15.8 Å². The van der Waals surface area contributed by atoms with Gasteiger partial charge in [-0.1, -0.05) is 36.4 Å². The quantitative estimate of drug-likeness (QED) is 0.630. The molecule has 1 aromatic rings. The lowest BCUT2D eigenvalue weighted by atomic mass is 9.98. The highest BCUT2D eigenvalue weighted by molar-refractivity contribution is 5.70. The Morgan fingerprint density at radius 2 is 2.07 bits per heavy atom. The first-order valence-electron chi connectivity index (χ1n) is 4.87. The SMILES string of the molecule is C1=CCC2=c3ccccc3=CNC2=C1. The van der Waals surface area contributed by atoms with Crippen LogP contribution in [0, 0.1) is 0 Å². The maximum Gasteiger partial charge on any atom is 0.0421 e. The molecule has 1 nitrogen and oxygen atoms in total. The lowest BCUT2D eigenvalue weighted by Gasteiger charge is -2.17. The Kier molecular flexibility index (Phi) is 1.57. The number of allylic oxidation sites excluding steroid dienone is 4. The Labute approximate surface area is 82.8 Å². The largest absolute Gasteiger partial charge is 0.361 e. The highest BCUT2D eigenvalue weighted by atomic mass is 14.9. The van der Waals surface area contributed by atoms with E-state index < -0.39 is 0 Å². The van der Waals surface area contributed by atoms with Crippen LogP contribution in [0.3, 0.4) is 0 Å². The van der Waals surface area contributed by atoms with Gasteiger partial charge in [-0.15, -0.1) is 0 Å². The standard InChI is InChI=1S/C13H11N/c1-2-6-11-10(5-1)9-14-13-8-4-3-7-12(11)13/h1-6,8-9,14H,7H2. The van der Waals surface area contributed by atoms with Crippen LogP contribution in [0.5, 0.6) is 0 Å². The van der Waals surface area contributed by atoms with E-state index in [2.05, 4.69) is 54.0 Å². The molecular weight excluding hydrogens is 170 g/mol. The van der Waals surface area contributed by atoms with Gasteiger partial charge < -0.3 is 5.32 Å². The smallest absolute Gasteiger partial charge is 0.0421 e. The van der Waals surface area contributed by atoms with Gasteiger partial charge in [-0.3, -0.25) is 0 Å². The van der Waals surface area contributed by atoms with E-state index in [0.29, 0.717) is 0 Å². The van der Waals surface area contributed by atoms with Crippen LogP contribution in [-0.2, 0) is 0 Å². The van der Waals surface area contributed by atoms with Gasteiger partial charge in [0.15, 0.2) is 0 Å². The fourth-order valence-electron chi connectivity index (χ4n) is 2.00. The summed E-state index contributed by atoms with van der Waals surface area (Å²) in [4.78, 5) is 0. The lowest BCUT2D eigenvalue weighted by Crippen LogP contribution is -2.35. The molecule has 0 aromatic heterocycles. The van der Waals surface area contributed by atoms with E-state index >= 15 is 0 Å². The normalized spacial score (nSPS) is 17.4. The second-order valence-corrected chi connectivity index (χ2v) is 3.57. The lowest BCUT2D eigenvalue weighted by molar-refractivity contribution is 1.10. The monoisotopic (exact) mass is 181 g/mol. The van der Waals surface area contributed by atoms with E-state index in [-0.39, 0.29) is 0 Å². The molecule has 0 radical (unpaired) electrons. The summed E-state index contributed by atoms with van der Waals surface area (Å²) in [5, 5.41) is 5.97.